The summed E-state index contributed by atoms with van der Waals surface area (Å²) in [5.41, 5.74) is 8.22. The third-order valence-corrected chi connectivity index (χ3v) is 4.49. The number of nitrogen functional groups attached to an aromatic ring is 1. The third kappa shape index (κ3) is 3.37. The topological polar surface area (TPSA) is 109 Å². The van der Waals surface area contributed by atoms with Crippen LogP contribution in [0.25, 0.3) is 0 Å². The molecule has 2 rings (SSSR count). The SMILES string of the molecule is Cc1c(N)cccc1CNS(=O)(=O)c1ccc(C#N)nc1. The number of nitrogens with zero attached hydrogens (tertiary/aromatic N) is 2. The van der Waals surface area contributed by atoms with Crippen LogP contribution in [0, 0.1) is 18.3 Å². The van der Waals surface area contributed by atoms with Gasteiger partial charge in [0.2, 0.25) is 10.0 Å². The Balaban J connectivity index is 2.18. The minimum absolute atomic E-state index is 0.0167. The Morgan fingerprint density at radius 2 is 2.10 bits per heavy atom. The first-order chi connectivity index (χ1) is 9.94. The van der Waals surface area contributed by atoms with Gasteiger partial charge in [0, 0.05) is 18.4 Å². The molecule has 108 valence electrons. The van der Waals surface area contributed by atoms with Gasteiger partial charge < -0.3 is 5.73 Å². The highest BCUT2D eigenvalue weighted by Crippen LogP contribution is 2.16. The lowest BCUT2D eigenvalue weighted by molar-refractivity contribution is 0.580. The molecular weight excluding hydrogens is 288 g/mol. The lowest BCUT2D eigenvalue weighted by Gasteiger charge is -2.10. The maximum atomic E-state index is 12.1. The highest BCUT2D eigenvalue weighted by molar-refractivity contribution is 7.89. The molecule has 0 bridgehead atoms. The number of hydrogen-bond acceptors (Lipinski definition) is 5. The highest BCUT2D eigenvalue weighted by atomic mass is 32.2. The van der Waals surface area contributed by atoms with E-state index in [0.29, 0.717) is 5.69 Å². The first-order valence-electron chi connectivity index (χ1n) is 6.14. The van der Waals surface area contributed by atoms with E-state index in [9.17, 15) is 8.42 Å². The van der Waals surface area contributed by atoms with Crippen molar-refractivity contribution in [3.05, 3.63) is 53.3 Å². The van der Waals surface area contributed by atoms with Crippen molar-refractivity contribution in [1.29, 1.82) is 5.26 Å². The van der Waals surface area contributed by atoms with Crippen molar-refractivity contribution in [1.82, 2.24) is 9.71 Å². The quantitative estimate of drug-likeness (QED) is 0.828. The molecule has 0 saturated heterocycles. The second-order valence-electron chi connectivity index (χ2n) is 4.45. The molecule has 21 heavy (non-hydrogen) atoms. The molecule has 0 fully saturated rings. The fourth-order valence-electron chi connectivity index (χ4n) is 1.76. The Bertz CT molecular complexity index is 793. The molecular formula is C14H14N4O2S. The Morgan fingerprint density at radius 3 is 2.71 bits per heavy atom. The molecule has 3 N–H and O–H groups in total. The zero-order valence-corrected chi connectivity index (χ0v) is 12.2. The van der Waals surface area contributed by atoms with Crippen LogP contribution in [0.3, 0.4) is 0 Å². The number of hydrogen-bond donors (Lipinski definition) is 2. The second kappa shape index (κ2) is 5.91. The van der Waals surface area contributed by atoms with Gasteiger partial charge in [-0.15, -0.1) is 0 Å². The first kappa shape index (κ1) is 15.0. The Labute approximate surface area is 123 Å². The lowest BCUT2D eigenvalue weighted by atomic mass is 10.1. The predicted molar refractivity (Wildman–Crippen MR) is 78.6 cm³/mol. The van der Waals surface area contributed by atoms with Crippen LogP contribution in [0.1, 0.15) is 16.8 Å². The smallest absolute Gasteiger partial charge is 0.242 e. The number of nitrogens with one attached hydrogen (secondary N) is 1. The fraction of sp³-hybridized carbons (Fsp3) is 0.143. The van der Waals surface area contributed by atoms with Gasteiger partial charge in [-0.3, -0.25) is 0 Å². The summed E-state index contributed by atoms with van der Waals surface area (Å²) < 4.78 is 26.8. The fourth-order valence-corrected chi connectivity index (χ4v) is 2.71. The van der Waals surface area contributed by atoms with Crippen molar-refractivity contribution >= 4 is 15.7 Å². The van der Waals surface area contributed by atoms with Gasteiger partial charge >= 0.3 is 0 Å². The van der Waals surface area contributed by atoms with E-state index in [0.717, 1.165) is 17.3 Å². The van der Waals surface area contributed by atoms with E-state index in [1.807, 2.05) is 19.1 Å². The average molecular weight is 302 g/mol. The number of pyridine rings is 1. The standard InChI is InChI=1S/C14H14N4O2S/c1-10-11(3-2-4-14(10)16)8-18-21(19,20)13-6-5-12(7-15)17-9-13/h2-6,9,18H,8,16H2,1H3. The summed E-state index contributed by atoms with van der Waals surface area (Å²) in [6.45, 7) is 1.97. The van der Waals surface area contributed by atoms with E-state index in [1.54, 1.807) is 12.1 Å². The molecule has 7 heteroatoms. The van der Waals surface area contributed by atoms with Crippen LogP contribution >= 0.6 is 0 Å². The van der Waals surface area contributed by atoms with E-state index in [1.165, 1.54) is 12.1 Å². The van der Waals surface area contributed by atoms with Crippen LogP contribution in [0.5, 0.6) is 0 Å². The molecule has 0 spiro atoms. The molecule has 0 aliphatic carbocycles. The van der Waals surface area contributed by atoms with Crippen LogP contribution in [-0.2, 0) is 16.6 Å². The average Bonchev–Trinajstić information content (AvgIpc) is 2.49. The molecule has 2 aromatic rings. The number of benzene rings is 1. The molecule has 0 aliphatic rings. The number of nitriles is 1. The van der Waals surface area contributed by atoms with Gasteiger partial charge in [0.15, 0.2) is 0 Å². The van der Waals surface area contributed by atoms with Gasteiger partial charge in [-0.2, -0.15) is 5.26 Å². The van der Waals surface area contributed by atoms with E-state index in [2.05, 4.69) is 9.71 Å². The minimum atomic E-state index is -3.68. The number of anilines is 1. The van der Waals surface area contributed by atoms with E-state index in [4.69, 9.17) is 11.0 Å². The lowest BCUT2D eigenvalue weighted by Crippen LogP contribution is -2.24. The number of rotatable bonds is 4. The van der Waals surface area contributed by atoms with Crippen LogP contribution < -0.4 is 10.5 Å². The molecule has 0 saturated carbocycles. The highest BCUT2D eigenvalue weighted by Gasteiger charge is 2.15. The van der Waals surface area contributed by atoms with Gasteiger partial charge in [0.1, 0.15) is 16.7 Å². The van der Waals surface area contributed by atoms with Crippen LogP contribution in [0.4, 0.5) is 5.69 Å². The maximum Gasteiger partial charge on any atom is 0.242 e. The summed E-state index contributed by atoms with van der Waals surface area (Å²) in [7, 11) is -3.68. The van der Waals surface area contributed by atoms with Crippen molar-refractivity contribution < 1.29 is 8.42 Å². The monoisotopic (exact) mass is 302 g/mol. The number of sulfonamides is 1. The largest absolute Gasteiger partial charge is 0.399 e. The van der Waals surface area contributed by atoms with E-state index in [-0.39, 0.29) is 17.1 Å². The van der Waals surface area contributed by atoms with Crippen LogP contribution in [-0.4, -0.2) is 13.4 Å². The summed E-state index contributed by atoms with van der Waals surface area (Å²) in [5, 5.41) is 8.65. The molecule has 0 unspecified atom stereocenters. The molecule has 0 radical (unpaired) electrons. The van der Waals surface area contributed by atoms with E-state index >= 15 is 0 Å². The molecule has 0 amide bonds. The Hall–Kier alpha value is -2.43. The van der Waals surface area contributed by atoms with Crippen molar-refractivity contribution in [3.63, 3.8) is 0 Å². The summed E-state index contributed by atoms with van der Waals surface area (Å²) in [6.07, 6.45) is 1.16. The maximum absolute atomic E-state index is 12.1. The number of nitrogens with two attached hydrogens (primary N) is 1. The second-order valence-corrected chi connectivity index (χ2v) is 6.21. The molecule has 0 atom stereocenters. The van der Waals surface area contributed by atoms with E-state index < -0.39 is 10.0 Å². The summed E-state index contributed by atoms with van der Waals surface area (Å²) in [5.74, 6) is 0. The number of aromatic nitrogens is 1. The molecule has 1 heterocycles. The third-order valence-electron chi connectivity index (χ3n) is 3.10. The predicted octanol–water partition coefficient (Wildman–Crippen LogP) is 1.32. The van der Waals surface area contributed by atoms with Crippen molar-refractivity contribution in [2.75, 3.05) is 5.73 Å². The first-order valence-corrected chi connectivity index (χ1v) is 7.62. The van der Waals surface area contributed by atoms with Gasteiger partial charge in [0.25, 0.3) is 0 Å². The molecule has 6 nitrogen and oxygen atoms in total. The summed E-state index contributed by atoms with van der Waals surface area (Å²) in [6, 6.07) is 9.89. The van der Waals surface area contributed by atoms with Gasteiger partial charge in [-0.25, -0.2) is 18.1 Å². The summed E-state index contributed by atoms with van der Waals surface area (Å²) >= 11 is 0. The minimum Gasteiger partial charge on any atom is -0.399 e. The normalized spacial score (nSPS) is 11.0. The zero-order valence-electron chi connectivity index (χ0n) is 11.4. The molecule has 0 aliphatic heterocycles. The summed E-state index contributed by atoms with van der Waals surface area (Å²) in [4.78, 5) is 3.77. The van der Waals surface area contributed by atoms with Crippen molar-refractivity contribution in [2.45, 2.75) is 18.4 Å². The van der Waals surface area contributed by atoms with Crippen molar-refractivity contribution in [2.24, 2.45) is 0 Å². The van der Waals surface area contributed by atoms with Crippen LogP contribution in [0.2, 0.25) is 0 Å². The van der Waals surface area contributed by atoms with Gasteiger partial charge in [0.05, 0.1) is 0 Å². The molecule has 1 aromatic carbocycles. The van der Waals surface area contributed by atoms with Crippen molar-refractivity contribution in [3.8, 4) is 6.07 Å². The van der Waals surface area contributed by atoms with Gasteiger partial charge in [-0.1, -0.05) is 12.1 Å². The Kier molecular flexibility index (Phi) is 4.21. The zero-order chi connectivity index (χ0) is 15.5. The van der Waals surface area contributed by atoms with Gasteiger partial charge in [-0.05, 0) is 36.2 Å². The molecule has 1 aromatic heterocycles. The van der Waals surface area contributed by atoms with Crippen LogP contribution in [0.15, 0.2) is 41.4 Å². The Morgan fingerprint density at radius 1 is 1.33 bits per heavy atom.